The van der Waals surface area contributed by atoms with Crippen molar-refractivity contribution in [3.8, 4) is 0 Å². The number of carbonyl (C=O) groups excluding carboxylic acids is 1. The summed E-state index contributed by atoms with van der Waals surface area (Å²) < 4.78 is 0.257. The number of nitrogens with one attached hydrogen (secondary N) is 2. The van der Waals surface area contributed by atoms with E-state index in [-0.39, 0.29) is 10.7 Å². The average Bonchev–Trinajstić information content (AvgIpc) is 2.71. The molecule has 0 bridgehead atoms. The molecule has 1 heterocycles. The highest BCUT2D eigenvalue weighted by Crippen LogP contribution is 2.24. The van der Waals surface area contributed by atoms with Crippen molar-refractivity contribution in [3.05, 3.63) is 28.8 Å². The Labute approximate surface area is 125 Å². The van der Waals surface area contributed by atoms with Crippen LogP contribution >= 0.6 is 15.9 Å². The van der Waals surface area contributed by atoms with Gasteiger partial charge in [0, 0.05) is 24.3 Å². The zero-order chi connectivity index (χ0) is 14.7. The van der Waals surface area contributed by atoms with Gasteiger partial charge in [-0.1, -0.05) is 0 Å². The van der Waals surface area contributed by atoms with Gasteiger partial charge in [-0.25, -0.2) is 0 Å². The van der Waals surface area contributed by atoms with E-state index in [2.05, 4.69) is 36.5 Å². The molecule has 0 atom stereocenters. The number of fused-ring (bicyclic) bond motifs is 1. The van der Waals surface area contributed by atoms with Crippen LogP contribution in [0.2, 0.25) is 0 Å². The van der Waals surface area contributed by atoms with Gasteiger partial charge in [0.2, 0.25) is 5.96 Å². The number of hydrogen-bond donors (Lipinski definition) is 3. The van der Waals surface area contributed by atoms with Gasteiger partial charge in [0.05, 0.1) is 0 Å². The summed E-state index contributed by atoms with van der Waals surface area (Å²) in [5.74, 6) is 0.405. The molecule has 0 saturated heterocycles. The Morgan fingerprint density at radius 2 is 2.30 bits per heavy atom. The largest absolute Gasteiger partial charge is 0.378 e. The third-order valence-electron chi connectivity index (χ3n) is 2.90. The Hall–Kier alpha value is -1.89. The first-order valence-corrected chi connectivity index (χ1v) is 7.03. The van der Waals surface area contributed by atoms with Crippen molar-refractivity contribution < 1.29 is 4.79 Å². The van der Waals surface area contributed by atoms with Crippen molar-refractivity contribution in [1.29, 1.82) is 0 Å². The predicted octanol–water partition coefficient (Wildman–Crippen LogP) is 1.74. The molecule has 106 valence electrons. The van der Waals surface area contributed by atoms with Gasteiger partial charge in [-0.2, -0.15) is 4.99 Å². The Kier molecular flexibility index (Phi) is 4.39. The summed E-state index contributed by atoms with van der Waals surface area (Å²) in [5, 5.41) is 5.94. The maximum atomic E-state index is 11.6. The minimum atomic E-state index is -0.0279. The van der Waals surface area contributed by atoms with E-state index < -0.39 is 0 Å². The van der Waals surface area contributed by atoms with Crippen LogP contribution in [0.3, 0.4) is 0 Å². The lowest BCUT2D eigenvalue weighted by Gasteiger charge is -2.11. The number of amidine groups is 1. The Morgan fingerprint density at radius 3 is 2.95 bits per heavy atom. The number of halogens is 1. The highest BCUT2D eigenvalue weighted by molar-refractivity contribution is 9.18. The molecule has 0 saturated carbocycles. The zero-order valence-corrected chi connectivity index (χ0v) is 12.9. The number of benzene rings is 1. The number of aliphatic imine (C=N–C) groups is 2. The summed E-state index contributed by atoms with van der Waals surface area (Å²) >= 11 is 3.09. The molecular weight excluding hydrogens is 322 g/mol. The van der Waals surface area contributed by atoms with Crippen LogP contribution in [0.4, 0.5) is 5.69 Å². The van der Waals surface area contributed by atoms with E-state index in [1.54, 1.807) is 0 Å². The third-order valence-corrected chi connectivity index (χ3v) is 3.08. The molecule has 0 aliphatic carbocycles. The van der Waals surface area contributed by atoms with Crippen molar-refractivity contribution in [2.45, 2.75) is 20.4 Å². The first-order valence-electron chi connectivity index (χ1n) is 6.24. The van der Waals surface area contributed by atoms with Crippen LogP contribution < -0.4 is 16.4 Å². The fourth-order valence-electron chi connectivity index (χ4n) is 1.99. The molecule has 1 aromatic rings. The highest BCUT2D eigenvalue weighted by Gasteiger charge is 2.20. The van der Waals surface area contributed by atoms with E-state index in [0.29, 0.717) is 19.0 Å². The second kappa shape index (κ2) is 6.04. The number of carbonyl (C=O) groups is 1. The zero-order valence-electron chi connectivity index (χ0n) is 11.3. The number of guanidine groups is 1. The van der Waals surface area contributed by atoms with Crippen molar-refractivity contribution in [3.63, 3.8) is 0 Å². The smallest absolute Gasteiger partial charge is 0.251 e. The molecule has 0 fully saturated rings. The molecule has 6 nitrogen and oxygen atoms in total. The topological polar surface area (TPSA) is 91.9 Å². The second-order valence-corrected chi connectivity index (χ2v) is 5.18. The third kappa shape index (κ3) is 3.16. The summed E-state index contributed by atoms with van der Waals surface area (Å²) in [4.78, 5) is 19.9. The van der Waals surface area contributed by atoms with Crippen LogP contribution in [0.1, 0.15) is 28.4 Å². The van der Waals surface area contributed by atoms with Gasteiger partial charge in [-0.05, 0) is 53.0 Å². The molecule has 0 unspecified atom stereocenters. The van der Waals surface area contributed by atoms with Crippen molar-refractivity contribution in [2.75, 3.05) is 11.9 Å². The monoisotopic (exact) mass is 337 g/mol. The van der Waals surface area contributed by atoms with E-state index in [1.165, 1.54) is 0 Å². The van der Waals surface area contributed by atoms with Gasteiger partial charge in [0.25, 0.3) is 5.91 Å². The molecule has 2 rings (SSSR count). The Balaban J connectivity index is 2.32. The number of hydrogen-bond acceptors (Lipinski definition) is 2. The highest BCUT2D eigenvalue weighted by atomic mass is 79.9. The summed E-state index contributed by atoms with van der Waals surface area (Å²) in [6.07, 6.45) is 0. The molecule has 1 aliphatic heterocycles. The maximum absolute atomic E-state index is 11.6. The van der Waals surface area contributed by atoms with Crippen LogP contribution in [0.5, 0.6) is 0 Å². The average molecular weight is 338 g/mol. The lowest BCUT2D eigenvalue weighted by Crippen LogP contribution is -2.15. The standard InChI is InChI=1S/C13H16BrN5O/c1-3-16-13(19-12(14)15)18-10-5-8-6-17-11(20)9(8)4-7(10)2/h4-5H,3,6H2,1-2H3,(H,17,20)(H3,15,16,18,19). The van der Waals surface area contributed by atoms with Crippen LogP contribution in [0.15, 0.2) is 22.1 Å². The lowest BCUT2D eigenvalue weighted by atomic mass is 10.0. The summed E-state index contributed by atoms with van der Waals surface area (Å²) in [7, 11) is 0. The number of aryl methyl sites for hydroxylation is 1. The maximum Gasteiger partial charge on any atom is 0.251 e. The van der Waals surface area contributed by atoms with E-state index in [9.17, 15) is 4.79 Å². The van der Waals surface area contributed by atoms with Gasteiger partial charge in [0.15, 0.2) is 4.74 Å². The van der Waals surface area contributed by atoms with E-state index >= 15 is 0 Å². The predicted molar refractivity (Wildman–Crippen MR) is 84.5 cm³/mol. The number of anilines is 1. The Morgan fingerprint density at radius 1 is 1.55 bits per heavy atom. The molecule has 0 radical (unpaired) electrons. The van der Waals surface area contributed by atoms with Gasteiger partial charge in [-0.3, -0.25) is 9.79 Å². The van der Waals surface area contributed by atoms with Gasteiger partial charge >= 0.3 is 0 Å². The quantitative estimate of drug-likeness (QED) is 0.436. The minimum Gasteiger partial charge on any atom is -0.378 e. The van der Waals surface area contributed by atoms with Crippen molar-refractivity contribution in [1.82, 2.24) is 5.32 Å². The van der Waals surface area contributed by atoms with E-state index in [1.807, 2.05) is 26.0 Å². The molecule has 0 spiro atoms. The molecule has 1 aliphatic rings. The molecule has 4 N–H and O–H groups in total. The molecule has 0 aromatic heterocycles. The van der Waals surface area contributed by atoms with Crippen LogP contribution in [0, 0.1) is 6.92 Å². The first-order chi connectivity index (χ1) is 9.51. The molecule has 1 aromatic carbocycles. The Bertz CT molecular complexity index is 605. The van der Waals surface area contributed by atoms with Crippen molar-refractivity contribution >= 4 is 38.2 Å². The summed E-state index contributed by atoms with van der Waals surface area (Å²) in [6.45, 7) is 4.99. The van der Waals surface area contributed by atoms with E-state index in [0.717, 1.165) is 22.4 Å². The van der Waals surface area contributed by atoms with Crippen molar-refractivity contribution in [2.24, 2.45) is 15.7 Å². The molecule has 7 heteroatoms. The second-order valence-electron chi connectivity index (χ2n) is 4.36. The molecule has 1 amide bonds. The number of nitrogens with two attached hydrogens (primary N) is 1. The fraction of sp³-hybridized carbons (Fsp3) is 0.308. The number of amides is 1. The van der Waals surface area contributed by atoms with Gasteiger partial charge in [-0.15, -0.1) is 0 Å². The number of nitrogens with zero attached hydrogens (tertiary/aromatic N) is 2. The SMILES string of the molecule is CCN=C(/N=C(\N)Br)Nc1cc2c(cc1C)C(=O)NC2. The van der Waals surface area contributed by atoms with Crippen LogP contribution in [0.25, 0.3) is 0 Å². The fourth-order valence-corrected chi connectivity index (χ4v) is 2.16. The molecular formula is C13H16BrN5O. The van der Waals surface area contributed by atoms with E-state index in [4.69, 9.17) is 5.73 Å². The van der Waals surface area contributed by atoms with Gasteiger partial charge < -0.3 is 16.4 Å². The molecule has 20 heavy (non-hydrogen) atoms. The lowest BCUT2D eigenvalue weighted by molar-refractivity contribution is 0.0965. The number of rotatable bonds is 2. The summed E-state index contributed by atoms with van der Waals surface area (Å²) in [6, 6.07) is 3.80. The minimum absolute atomic E-state index is 0.0279. The first kappa shape index (κ1) is 14.5. The summed E-state index contributed by atoms with van der Waals surface area (Å²) in [5.41, 5.74) is 9.03. The normalized spacial score (nSPS) is 15.1. The van der Waals surface area contributed by atoms with Crippen LogP contribution in [-0.4, -0.2) is 23.2 Å². The van der Waals surface area contributed by atoms with Gasteiger partial charge in [0.1, 0.15) is 0 Å². The van der Waals surface area contributed by atoms with Crippen LogP contribution in [-0.2, 0) is 6.54 Å².